The van der Waals surface area contributed by atoms with Crippen LogP contribution in [0.3, 0.4) is 0 Å². The third-order valence-corrected chi connectivity index (χ3v) is 16.8. The van der Waals surface area contributed by atoms with Gasteiger partial charge in [0.1, 0.15) is 13.2 Å². The topological polar surface area (TPSA) is 105 Å². The molecule has 8 nitrogen and oxygen atoms in total. The average molecular weight is 1120 g/mol. The van der Waals surface area contributed by atoms with Gasteiger partial charge in [-0.1, -0.05) is 320 Å². The highest BCUT2D eigenvalue weighted by atomic mass is 31.2. The number of aliphatic hydroxyl groups is 1. The lowest BCUT2D eigenvalue weighted by molar-refractivity contribution is -0.870. The number of nitrogens with zero attached hydrogens (tertiary/aromatic N) is 1. The largest absolute Gasteiger partial charge is 0.472 e. The smallest absolute Gasteiger partial charge is 0.387 e. The van der Waals surface area contributed by atoms with Crippen molar-refractivity contribution in [2.75, 3.05) is 40.9 Å². The van der Waals surface area contributed by atoms with Gasteiger partial charge < -0.3 is 19.8 Å². The van der Waals surface area contributed by atoms with E-state index < -0.39 is 20.0 Å². The van der Waals surface area contributed by atoms with Gasteiger partial charge in [0.25, 0.3) is 0 Å². The van der Waals surface area contributed by atoms with Crippen LogP contribution in [0.1, 0.15) is 348 Å². The number of allylic oxidation sites excluding steroid dienone is 5. The summed E-state index contributed by atoms with van der Waals surface area (Å²) >= 11 is 0. The van der Waals surface area contributed by atoms with Crippen molar-refractivity contribution in [1.29, 1.82) is 0 Å². The minimum absolute atomic E-state index is 0.0576. The van der Waals surface area contributed by atoms with E-state index in [9.17, 15) is 19.4 Å². The van der Waals surface area contributed by atoms with E-state index in [1.165, 1.54) is 289 Å². The lowest BCUT2D eigenvalue weighted by atomic mass is 10.0. The molecule has 0 saturated heterocycles. The molecule has 3 unspecified atom stereocenters. The maximum Gasteiger partial charge on any atom is 0.472 e. The quantitative estimate of drug-likeness (QED) is 0.0243. The summed E-state index contributed by atoms with van der Waals surface area (Å²) in [4.78, 5) is 23.3. The van der Waals surface area contributed by atoms with Crippen molar-refractivity contribution in [3.8, 4) is 0 Å². The first kappa shape index (κ1) is 76.7. The first-order chi connectivity index (χ1) is 38.0. The Morgan fingerprint density at radius 2 is 0.705 bits per heavy atom. The van der Waals surface area contributed by atoms with Crippen LogP contribution in [0, 0.1) is 0 Å². The third-order valence-electron chi connectivity index (χ3n) is 15.8. The number of likely N-dealkylation sites (N-methyl/N-ethyl adjacent to an activating group) is 1. The van der Waals surface area contributed by atoms with Crippen LogP contribution < -0.4 is 5.32 Å². The van der Waals surface area contributed by atoms with Crippen molar-refractivity contribution in [1.82, 2.24) is 5.32 Å². The molecule has 0 bridgehead atoms. The van der Waals surface area contributed by atoms with Gasteiger partial charge in [0.15, 0.2) is 0 Å². The molecule has 0 fully saturated rings. The van der Waals surface area contributed by atoms with E-state index in [2.05, 4.69) is 43.5 Å². The zero-order valence-corrected chi connectivity index (χ0v) is 53.8. The van der Waals surface area contributed by atoms with E-state index in [-0.39, 0.29) is 19.1 Å². The fourth-order valence-electron chi connectivity index (χ4n) is 10.5. The molecule has 78 heavy (non-hydrogen) atoms. The second-order valence-electron chi connectivity index (χ2n) is 24.9. The van der Waals surface area contributed by atoms with E-state index in [1.54, 1.807) is 6.08 Å². The molecule has 0 spiro atoms. The van der Waals surface area contributed by atoms with Gasteiger partial charge in [-0.25, -0.2) is 4.57 Å². The molecule has 1 amide bonds. The lowest BCUT2D eigenvalue weighted by Crippen LogP contribution is -2.45. The Kier molecular flexibility index (Phi) is 59.3. The summed E-state index contributed by atoms with van der Waals surface area (Å²) in [5, 5.41) is 13.9. The molecule has 0 aliphatic carbocycles. The van der Waals surface area contributed by atoms with E-state index >= 15 is 0 Å². The van der Waals surface area contributed by atoms with E-state index in [1.807, 2.05) is 27.2 Å². The van der Waals surface area contributed by atoms with Gasteiger partial charge in [-0.15, -0.1) is 0 Å². The second-order valence-corrected chi connectivity index (χ2v) is 26.4. The number of phosphoric ester groups is 1. The van der Waals surface area contributed by atoms with Crippen molar-refractivity contribution in [3.05, 3.63) is 36.5 Å². The fourth-order valence-corrected chi connectivity index (χ4v) is 11.2. The summed E-state index contributed by atoms with van der Waals surface area (Å²) in [6, 6.07) is -0.862. The summed E-state index contributed by atoms with van der Waals surface area (Å²) in [5.74, 6) is -0.181. The maximum absolute atomic E-state index is 13.0. The minimum atomic E-state index is -4.36. The Morgan fingerprint density at radius 3 is 1.03 bits per heavy atom. The standard InChI is InChI=1S/C69H135N2O6P/c1-6-8-10-12-14-16-18-20-22-24-25-26-27-28-29-30-31-32-33-34-35-36-37-38-39-40-41-42-43-44-45-47-49-51-53-55-57-59-61-63-69(73)70-67(66-77-78(74,75)76-65-64-71(3,4)5)68(72)62-60-58-56-54-52-50-48-46-23-21-19-17-15-13-11-9-7-2/h34-35,52,54,60,62,67-68,72H,6-33,36-51,53,55-59,61,63-66H2,1-5H3,(H-,70,73,74,75)/p+1/b35-34-,54-52+,62-60+. The summed E-state index contributed by atoms with van der Waals surface area (Å²) in [6.45, 7) is 4.84. The SMILES string of the molecule is CCCCCCCCCCCCC/C=C/CC/C=C/C(O)C(COP(=O)(O)OCC[N+](C)(C)C)NC(=O)CCCCCCCCCCCCCCCCCCC/C=C\CCCCCCCCCCCCCCCCCCCC. The number of carbonyl (C=O) groups excluding carboxylic acids is 1. The van der Waals surface area contributed by atoms with Gasteiger partial charge in [-0.3, -0.25) is 13.8 Å². The molecule has 9 heteroatoms. The highest BCUT2D eigenvalue weighted by molar-refractivity contribution is 7.47. The zero-order chi connectivity index (χ0) is 57.0. The molecule has 0 aliphatic heterocycles. The molecule has 0 aromatic carbocycles. The molecular weight excluding hydrogens is 984 g/mol. The first-order valence-corrected chi connectivity index (χ1v) is 35.9. The average Bonchev–Trinajstić information content (AvgIpc) is 3.41. The molecule has 3 N–H and O–H groups in total. The van der Waals surface area contributed by atoms with Crippen molar-refractivity contribution >= 4 is 13.7 Å². The number of hydrogen-bond acceptors (Lipinski definition) is 5. The number of quaternary nitrogens is 1. The monoisotopic (exact) mass is 1120 g/mol. The van der Waals surface area contributed by atoms with Crippen LogP contribution in [-0.4, -0.2) is 73.4 Å². The van der Waals surface area contributed by atoms with Gasteiger partial charge in [0, 0.05) is 6.42 Å². The molecule has 0 aliphatic rings. The van der Waals surface area contributed by atoms with Crippen LogP contribution in [0.2, 0.25) is 0 Å². The Morgan fingerprint density at radius 1 is 0.423 bits per heavy atom. The van der Waals surface area contributed by atoms with E-state index in [4.69, 9.17) is 9.05 Å². The van der Waals surface area contributed by atoms with Crippen LogP contribution in [0.15, 0.2) is 36.5 Å². The fraction of sp³-hybridized carbons (Fsp3) is 0.899. The van der Waals surface area contributed by atoms with Crippen molar-refractivity contribution in [3.63, 3.8) is 0 Å². The van der Waals surface area contributed by atoms with Gasteiger partial charge in [0.2, 0.25) is 5.91 Å². The van der Waals surface area contributed by atoms with Crippen LogP contribution in [0.4, 0.5) is 0 Å². The van der Waals surface area contributed by atoms with Crippen LogP contribution in [0.5, 0.6) is 0 Å². The number of rotatable bonds is 64. The molecule has 0 rings (SSSR count). The Bertz CT molecular complexity index is 1360. The number of carbonyl (C=O) groups is 1. The van der Waals surface area contributed by atoms with Gasteiger partial charge in [-0.2, -0.15) is 0 Å². The van der Waals surface area contributed by atoms with Crippen LogP contribution >= 0.6 is 7.82 Å². The van der Waals surface area contributed by atoms with E-state index in [0.29, 0.717) is 17.4 Å². The number of aliphatic hydroxyl groups excluding tert-OH is 1. The number of nitrogens with one attached hydrogen (secondary N) is 1. The third kappa shape index (κ3) is 62.3. The second kappa shape index (κ2) is 60.3. The highest BCUT2D eigenvalue weighted by Gasteiger charge is 2.28. The number of phosphoric acid groups is 1. The molecule has 0 heterocycles. The summed E-state index contributed by atoms with van der Waals surface area (Å²) in [7, 11) is 1.57. The van der Waals surface area contributed by atoms with Gasteiger partial charge in [0.05, 0.1) is 39.9 Å². The zero-order valence-electron chi connectivity index (χ0n) is 52.9. The number of amides is 1. The maximum atomic E-state index is 13.0. The van der Waals surface area contributed by atoms with E-state index in [0.717, 1.165) is 38.5 Å². The van der Waals surface area contributed by atoms with Gasteiger partial charge in [-0.05, 0) is 57.8 Å². The molecule has 0 aromatic heterocycles. The lowest BCUT2D eigenvalue weighted by Gasteiger charge is -2.25. The Balaban J connectivity index is 3.93. The molecule has 0 aromatic rings. The first-order valence-electron chi connectivity index (χ1n) is 34.4. The van der Waals surface area contributed by atoms with Crippen molar-refractivity contribution < 1.29 is 32.9 Å². The highest BCUT2D eigenvalue weighted by Crippen LogP contribution is 2.43. The van der Waals surface area contributed by atoms with Crippen LogP contribution in [0.25, 0.3) is 0 Å². The van der Waals surface area contributed by atoms with Crippen LogP contribution in [-0.2, 0) is 18.4 Å². The summed E-state index contributed by atoms with van der Waals surface area (Å²) in [6.07, 6.45) is 80.3. The van der Waals surface area contributed by atoms with Crippen molar-refractivity contribution in [2.24, 2.45) is 0 Å². The number of hydrogen-bond donors (Lipinski definition) is 3. The molecule has 0 radical (unpaired) electrons. The normalized spacial score (nSPS) is 13.9. The molecular formula is C69H136N2O6P+. The van der Waals surface area contributed by atoms with Gasteiger partial charge >= 0.3 is 7.82 Å². The minimum Gasteiger partial charge on any atom is -0.387 e. The summed E-state index contributed by atoms with van der Waals surface area (Å²) in [5.41, 5.74) is 0. The summed E-state index contributed by atoms with van der Waals surface area (Å²) < 4.78 is 23.7. The Hall–Kier alpha value is -1.28. The molecule has 3 atom stereocenters. The molecule has 462 valence electrons. The predicted octanol–water partition coefficient (Wildman–Crippen LogP) is 21.7. The Labute approximate surface area is 487 Å². The van der Waals surface area contributed by atoms with Crippen molar-refractivity contribution in [2.45, 2.75) is 360 Å². The predicted molar refractivity (Wildman–Crippen MR) is 341 cm³/mol. The molecule has 0 saturated carbocycles. The number of unbranched alkanes of at least 4 members (excludes halogenated alkanes) is 47.